The van der Waals surface area contributed by atoms with Gasteiger partial charge < -0.3 is 10.6 Å². The molecular formula is C17H14F4N2O2S. The molecule has 1 atom stereocenters. The van der Waals surface area contributed by atoms with E-state index in [1.165, 1.54) is 25.1 Å². The average molecular weight is 386 g/mol. The zero-order valence-electron chi connectivity index (χ0n) is 13.5. The van der Waals surface area contributed by atoms with Crippen molar-refractivity contribution >= 4 is 29.3 Å². The molecule has 2 aromatic rings. The quantitative estimate of drug-likeness (QED) is 0.454. The fraction of sp³-hybridized carbons (Fsp3) is 0.176. The van der Waals surface area contributed by atoms with Gasteiger partial charge in [-0.3, -0.25) is 9.59 Å². The van der Waals surface area contributed by atoms with Gasteiger partial charge >= 0.3 is 0 Å². The van der Waals surface area contributed by atoms with Crippen LogP contribution in [0, 0.1) is 23.3 Å². The number of amides is 2. The standard InChI is InChI=1S/C17H14F4N2O2S/c1-9(26-13-5-3-2-4-10(13)18)17(25)22-8-14(24)23-12-7-6-11(19)15(20)16(12)21/h2-7,9H,8H2,1H3,(H,22,25)(H,23,24). The lowest BCUT2D eigenvalue weighted by Gasteiger charge is -2.13. The second kappa shape index (κ2) is 8.70. The number of carbonyl (C=O) groups is 2. The number of nitrogens with one attached hydrogen (secondary N) is 2. The molecule has 26 heavy (non-hydrogen) atoms. The molecule has 0 aliphatic carbocycles. The largest absolute Gasteiger partial charge is 0.346 e. The van der Waals surface area contributed by atoms with E-state index in [1.54, 1.807) is 6.07 Å². The van der Waals surface area contributed by atoms with Crippen molar-refractivity contribution in [2.45, 2.75) is 17.1 Å². The molecular weight excluding hydrogens is 372 g/mol. The molecule has 0 bridgehead atoms. The average Bonchev–Trinajstić information content (AvgIpc) is 2.62. The van der Waals surface area contributed by atoms with Gasteiger partial charge in [0.25, 0.3) is 0 Å². The summed E-state index contributed by atoms with van der Waals surface area (Å²) in [5, 5.41) is 3.64. The lowest BCUT2D eigenvalue weighted by molar-refractivity contribution is -0.123. The van der Waals surface area contributed by atoms with Gasteiger partial charge in [-0.15, -0.1) is 11.8 Å². The Morgan fingerprint density at radius 2 is 1.69 bits per heavy atom. The zero-order valence-corrected chi connectivity index (χ0v) is 14.3. The fourth-order valence-corrected chi connectivity index (χ4v) is 2.82. The third kappa shape index (κ3) is 4.98. The molecule has 2 rings (SSSR count). The van der Waals surface area contributed by atoms with E-state index >= 15 is 0 Å². The highest BCUT2D eigenvalue weighted by Gasteiger charge is 2.18. The van der Waals surface area contributed by atoms with Gasteiger partial charge in [-0.1, -0.05) is 12.1 Å². The predicted molar refractivity (Wildman–Crippen MR) is 89.7 cm³/mol. The lowest BCUT2D eigenvalue weighted by atomic mass is 10.2. The summed E-state index contributed by atoms with van der Waals surface area (Å²) in [6.07, 6.45) is 0. The Morgan fingerprint density at radius 3 is 2.38 bits per heavy atom. The van der Waals surface area contributed by atoms with Crippen LogP contribution in [0.25, 0.3) is 0 Å². The van der Waals surface area contributed by atoms with Gasteiger partial charge in [-0.25, -0.2) is 17.6 Å². The first-order valence-corrected chi connectivity index (χ1v) is 8.29. The molecule has 0 saturated heterocycles. The first-order valence-electron chi connectivity index (χ1n) is 7.42. The molecule has 2 amide bonds. The van der Waals surface area contributed by atoms with Crippen molar-refractivity contribution in [3.05, 3.63) is 59.7 Å². The number of rotatable bonds is 6. The normalized spacial score (nSPS) is 11.7. The number of halogens is 4. The Balaban J connectivity index is 1.88. The highest BCUT2D eigenvalue weighted by molar-refractivity contribution is 8.00. The molecule has 1 unspecified atom stereocenters. The summed E-state index contributed by atoms with van der Waals surface area (Å²) in [6.45, 7) is 1.01. The second-order valence-electron chi connectivity index (χ2n) is 5.18. The third-order valence-corrected chi connectivity index (χ3v) is 4.39. The second-order valence-corrected chi connectivity index (χ2v) is 6.56. The van der Waals surface area contributed by atoms with E-state index < -0.39 is 52.6 Å². The Kier molecular flexibility index (Phi) is 6.62. The van der Waals surface area contributed by atoms with E-state index in [9.17, 15) is 27.2 Å². The Hall–Kier alpha value is -2.55. The van der Waals surface area contributed by atoms with Gasteiger partial charge in [0.15, 0.2) is 17.5 Å². The topological polar surface area (TPSA) is 58.2 Å². The Morgan fingerprint density at radius 1 is 1.00 bits per heavy atom. The van der Waals surface area contributed by atoms with Gasteiger partial charge in [0.1, 0.15) is 5.82 Å². The number of thioether (sulfide) groups is 1. The van der Waals surface area contributed by atoms with Crippen molar-refractivity contribution in [3.63, 3.8) is 0 Å². The van der Waals surface area contributed by atoms with E-state index in [-0.39, 0.29) is 4.90 Å². The van der Waals surface area contributed by atoms with Crippen molar-refractivity contribution in [2.24, 2.45) is 0 Å². The summed E-state index contributed by atoms with van der Waals surface area (Å²) in [5.74, 6) is -6.46. The maximum atomic E-state index is 13.6. The van der Waals surface area contributed by atoms with Crippen LogP contribution < -0.4 is 10.6 Å². The van der Waals surface area contributed by atoms with Crippen LogP contribution in [0.5, 0.6) is 0 Å². The summed E-state index contributed by atoms with van der Waals surface area (Å²) in [5.41, 5.74) is -0.545. The van der Waals surface area contributed by atoms with Gasteiger partial charge in [0.2, 0.25) is 11.8 Å². The van der Waals surface area contributed by atoms with E-state index in [1.807, 2.05) is 5.32 Å². The summed E-state index contributed by atoms with van der Waals surface area (Å²) in [7, 11) is 0. The molecule has 2 aromatic carbocycles. The molecule has 0 aliphatic rings. The Bertz CT molecular complexity index is 832. The van der Waals surface area contributed by atoms with Gasteiger partial charge in [-0.2, -0.15) is 0 Å². The van der Waals surface area contributed by atoms with Crippen LogP contribution in [0.15, 0.2) is 41.3 Å². The van der Waals surface area contributed by atoms with Crippen LogP contribution in [-0.4, -0.2) is 23.6 Å². The molecule has 0 aromatic heterocycles. The molecule has 0 saturated carbocycles. The van der Waals surface area contributed by atoms with Crippen molar-refractivity contribution < 1.29 is 27.2 Å². The maximum absolute atomic E-state index is 13.6. The van der Waals surface area contributed by atoms with Gasteiger partial charge in [0.05, 0.1) is 17.5 Å². The maximum Gasteiger partial charge on any atom is 0.243 e. The van der Waals surface area contributed by atoms with Crippen LogP contribution in [0.3, 0.4) is 0 Å². The zero-order chi connectivity index (χ0) is 19.3. The van der Waals surface area contributed by atoms with E-state index in [2.05, 4.69) is 5.32 Å². The van der Waals surface area contributed by atoms with Crippen molar-refractivity contribution in [3.8, 4) is 0 Å². The fourth-order valence-electron chi connectivity index (χ4n) is 1.91. The summed E-state index contributed by atoms with van der Waals surface area (Å²) >= 11 is 0.970. The predicted octanol–water partition coefficient (Wildman–Crippen LogP) is 3.48. The number of hydrogen-bond acceptors (Lipinski definition) is 3. The van der Waals surface area contributed by atoms with Gasteiger partial charge in [-0.05, 0) is 31.2 Å². The van der Waals surface area contributed by atoms with Crippen molar-refractivity contribution in [1.82, 2.24) is 5.32 Å². The lowest BCUT2D eigenvalue weighted by Crippen LogP contribution is -2.37. The first-order chi connectivity index (χ1) is 12.3. The SMILES string of the molecule is CC(Sc1ccccc1F)C(=O)NCC(=O)Nc1ccc(F)c(F)c1F. The van der Waals surface area contributed by atoms with E-state index in [0.717, 1.165) is 17.8 Å². The number of hydrogen-bond donors (Lipinski definition) is 2. The van der Waals surface area contributed by atoms with Crippen molar-refractivity contribution in [2.75, 3.05) is 11.9 Å². The highest BCUT2D eigenvalue weighted by Crippen LogP contribution is 2.25. The monoisotopic (exact) mass is 386 g/mol. The molecule has 138 valence electrons. The molecule has 4 nitrogen and oxygen atoms in total. The minimum absolute atomic E-state index is 0.281. The minimum atomic E-state index is -1.71. The molecule has 9 heteroatoms. The molecule has 0 fully saturated rings. The smallest absolute Gasteiger partial charge is 0.243 e. The summed E-state index contributed by atoms with van der Waals surface area (Å²) in [4.78, 5) is 24.0. The van der Waals surface area contributed by atoms with Crippen LogP contribution in [0.1, 0.15) is 6.92 Å². The number of anilines is 1. The molecule has 0 radical (unpaired) electrons. The molecule has 0 aliphatic heterocycles. The van der Waals surface area contributed by atoms with E-state index in [0.29, 0.717) is 6.07 Å². The minimum Gasteiger partial charge on any atom is -0.346 e. The Labute approximate surface area is 151 Å². The molecule has 0 spiro atoms. The van der Waals surface area contributed by atoms with Crippen LogP contribution in [0.4, 0.5) is 23.2 Å². The van der Waals surface area contributed by atoms with Crippen molar-refractivity contribution in [1.29, 1.82) is 0 Å². The summed E-state index contributed by atoms with van der Waals surface area (Å²) < 4.78 is 53.0. The molecule has 2 N–H and O–H groups in total. The third-order valence-electron chi connectivity index (χ3n) is 3.24. The summed E-state index contributed by atoms with van der Waals surface area (Å²) in [6, 6.07) is 7.45. The highest BCUT2D eigenvalue weighted by atomic mass is 32.2. The van der Waals surface area contributed by atoms with Crippen LogP contribution in [-0.2, 0) is 9.59 Å². The van der Waals surface area contributed by atoms with Crippen LogP contribution >= 0.6 is 11.8 Å². The van der Waals surface area contributed by atoms with Crippen LogP contribution in [0.2, 0.25) is 0 Å². The van der Waals surface area contributed by atoms with E-state index in [4.69, 9.17) is 0 Å². The molecule has 0 heterocycles. The van der Waals surface area contributed by atoms with Gasteiger partial charge in [0, 0.05) is 4.90 Å². The number of benzene rings is 2. The first kappa shape index (κ1) is 19.8. The number of carbonyl (C=O) groups excluding carboxylic acids is 2.